The largest absolute Gasteiger partial charge is 0.206 e. The fourth-order valence-corrected chi connectivity index (χ4v) is 8.94. The first-order valence-corrected chi connectivity index (χ1v) is 15.6. The molecule has 1 aliphatic rings. The van der Waals surface area contributed by atoms with Crippen LogP contribution in [0.15, 0.2) is 66.7 Å². The lowest BCUT2D eigenvalue weighted by Gasteiger charge is -2.28. The molecule has 0 atom stereocenters. The normalized spacial score (nSPS) is 18.4. The minimum atomic E-state index is -0.490. The van der Waals surface area contributed by atoms with Crippen molar-refractivity contribution in [3.63, 3.8) is 0 Å². The third-order valence-electron chi connectivity index (χ3n) is 7.54. The van der Waals surface area contributed by atoms with E-state index in [9.17, 15) is 0 Å². The first-order valence-electron chi connectivity index (χ1n) is 13.1. The lowest BCUT2D eigenvalue weighted by Crippen LogP contribution is -2.20. The Morgan fingerprint density at radius 3 is 1.85 bits per heavy atom. The zero-order valence-electron chi connectivity index (χ0n) is 20.5. The van der Waals surface area contributed by atoms with E-state index in [1.165, 1.54) is 66.1 Å². The van der Waals surface area contributed by atoms with Crippen LogP contribution in [0.4, 0.5) is 4.39 Å². The second-order valence-corrected chi connectivity index (χ2v) is 13.5. The first-order chi connectivity index (χ1) is 16.2. The van der Waals surface area contributed by atoms with Gasteiger partial charge in [0.25, 0.3) is 0 Å². The van der Waals surface area contributed by atoms with E-state index in [1.54, 1.807) is 0 Å². The second-order valence-electron chi connectivity index (χ2n) is 10.0. The maximum absolute atomic E-state index is 15.1. The van der Waals surface area contributed by atoms with Crippen molar-refractivity contribution in [3.8, 4) is 11.1 Å². The van der Waals surface area contributed by atoms with Crippen LogP contribution >= 0.6 is 0 Å². The van der Waals surface area contributed by atoms with Crippen molar-refractivity contribution in [2.24, 2.45) is 0 Å². The van der Waals surface area contributed by atoms with Gasteiger partial charge in [-0.25, -0.2) is 4.39 Å². The Labute approximate surface area is 201 Å². The molecule has 0 aliphatic carbocycles. The predicted octanol–water partition coefficient (Wildman–Crippen LogP) is 8.74. The summed E-state index contributed by atoms with van der Waals surface area (Å²) in [4.78, 5) is 0. The lowest BCUT2D eigenvalue weighted by atomic mass is 9.91. The smallest absolute Gasteiger partial charge is 0.131 e. The quantitative estimate of drug-likeness (QED) is 0.281. The van der Waals surface area contributed by atoms with E-state index < -0.39 is 8.80 Å². The van der Waals surface area contributed by atoms with Gasteiger partial charge in [0.2, 0.25) is 0 Å². The van der Waals surface area contributed by atoms with Gasteiger partial charge < -0.3 is 0 Å². The molecular formula is C31H39FSi. The fourth-order valence-electron chi connectivity index (χ4n) is 5.51. The van der Waals surface area contributed by atoms with Crippen molar-refractivity contribution in [2.45, 2.75) is 82.8 Å². The summed E-state index contributed by atoms with van der Waals surface area (Å²) in [6.07, 6.45) is 8.28. The zero-order chi connectivity index (χ0) is 23.0. The molecule has 174 valence electrons. The van der Waals surface area contributed by atoms with E-state index in [0.717, 1.165) is 30.4 Å². The molecule has 3 aromatic carbocycles. The highest BCUT2D eigenvalue weighted by Gasteiger charge is 2.23. The van der Waals surface area contributed by atoms with Gasteiger partial charge in [-0.2, -0.15) is 0 Å². The van der Waals surface area contributed by atoms with Crippen LogP contribution in [-0.2, 0) is 19.3 Å². The SMILES string of the molecule is CCCc1ccc(CCc2ccc(-c3ccc([C@H]4CC[Si@H](CCC)CC4)cc3F)cc2)cc1. The molecule has 1 saturated heterocycles. The number of hydrogen-bond acceptors (Lipinski definition) is 0. The second kappa shape index (κ2) is 11.8. The molecule has 0 aromatic heterocycles. The summed E-state index contributed by atoms with van der Waals surface area (Å²) >= 11 is 0. The number of benzene rings is 3. The summed E-state index contributed by atoms with van der Waals surface area (Å²) in [6.45, 7) is 4.53. The Bertz CT molecular complexity index is 998. The van der Waals surface area contributed by atoms with E-state index in [-0.39, 0.29) is 5.82 Å². The Balaban J connectivity index is 1.35. The summed E-state index contributed by atoms with van der Waals surface area (Å²) in [5.74, 6) is 0.493. The minimum Gasteiger partial charge on any atom is -0.206 e. The van der Waals surface area contributed by atoms with E-state index in [0.29, 0.717) is 5.92 Å². The van der Waals surface area contributed by atoms with E-state index >= 15 is 4.39 Å². The molecule has 0 radical (unpaired) electrons. The Kier molecular flexibility index (Phi) is 8.55. The van der Waals surface area contributed by atoms with Crippen molar-refractivity contribution >= 4 is 8.80 Å². The van der Waals surface area contributed by atoms with E-state index in [4.69, 9.17) is 0 Å². The summed E-state index contributed by atoms with van der Waals surface area (Å²) in [7, 11) is -0.490. The molecule has 1 fully saturated rings. The maximum Gasteiger partial charge on any atom is 0.131 e. The molecule has 0 bridgehead atoms. The van der Waals surface area contributed by atoms with Crippen molar-refractivity contribution in [1.29, 1.82) is 0 Å². The average molecular weight is 459 g/mol. The zero-order valence-corrected chi connectivity index (χ0v) is 21.6. The van der Waals surface area contributed by atoms with Gasteiger partial charge in [0.05, 0.1) is 0 Å². The topological polar surface area (TPSA) is 0 Å². The van der Waals surface area contributed by atoms with Crippen LogP contribution in [0.3, 0.4) is 0 Å². The highest BCUT2D eigenvalue weighted by molar-refractivity contribution is 6.59. The van der Waals surface area contributed by atoms with Crippen molar-refractivity contribution in [1.82, 2.24) is 0 Å². The van der Waals surface area contributed by atoms with Crippen LogP contribution in [0.25, 0.3) is 11.1 Å². The van der Waals surface area contributed by atoms with Crippen LogP contribution in [0.1, 0.15) is 67.7 Å². The van der Waals surface area contributed by atoms with E-state index in [2.05, 4.69) is 68.4 Å². The molecule has 2 heteroatoms. The summed E-state index contributed by atoms with van der Waals surface area (Å²) < 4.78 is 15.1. The van der Waals surface area contributed by atoms with Crippen LogP contribution in [-0.4, -0.2) is 8.80 Å². The predicted molar refractivity (Wildman–Crippen MR) is 144 cm³/mol. The molecule has 0 unspecified atom stereocenters. The third kappa shape index (κ3) is 6.44. The summed E-state index contributed by atoms with van der Waals surface area (Å²) in [6, 6.07) is 27.9. The van der Waals surface area contributed by atoms with Crippen molar-refractivity contribution in [2.75, 3.05) is 0 Å². The van der Waals surface area contributed by atoms with Gasteiger partial charge in [-0.1, -0.05) is 105 Å². The van der Waals surface area contributed by atoms with Crippen LogP contribution in [0.2, 0.25) is 18.1 Å². The standard InChI is InChI=1S/C31H39FSi/c1-3-5-24-6-8-25(9-7-24)10-11-26-12-14-28(15-13-26)30-17-16-29(23-31(30)32)27-18-21-33(20-4-2)22-19-27/h6-9,12-17,23,27,33H,3-5,10-11,18-22H2,1-2H3/t27-,33-. The van der Waals surface area contributed by atoms with Crippen LogP contribution in [0, 0.1) is 5.82 Å². The van der Waals surface area contributed by atoms with Crippen LogP contribution < -0.4 is 0 Å². The highest BCUT2D eigenvalue weighted by atomic mass is 28.3. The molecule has 0 saturated carbocycles. The van der Waals surface area contributed by atoms with Gasteiger partial charge >= 0.3 is 0 Å². The maximum atomic E-state index is 15.1. The van der Waals surface area contributed by atoms with Crippen LogP contribution in [0.5, 0.6) is 0 Å². The highest BCUT2D eigenvalue weighted by Crippen LogP contribution is 2.36. The van der Waals surface area contributed by atoms with Crippen molar-refractivity contribution in [3.05, 3.63) is 94.8 Å². The number of rotatable bonds is 9. The van der Waals surface area contributed by atoms with Gasteiger partial charge in [-0.3, -0.25) is 0 Å². The van der Waals surface area contributed by atoms with Gasteiger partial charge in [0.15, 0.2) is 0 Å². The molecule has 4 rings (SSSR count). The lowest BCUT2D eigenvalue weighted by molar-refractivity contribution is 0.589. The van der Waals surface area contributed by atoms with Gasteiger partial charge in [-0.05, 0) is 71.9 Å². The Hall–Kier alpha value is -2.19. The number of hydrogen-bond donors (Lipinski definition) is 0. The van der Waals surface area contributed by atoms with Gasteiger partial charge in [0.1, 0.15) is 5.82 Å². The third-order valence-corrected chi connectivity index (χ3v) is 11.2. The Morgan fingerprint density at radius 1 is 0.727 bits per heavy atom. The molecule has 1 heterocycles. The fraction of sp³-hybridized carbons (Fsp3) is 0.419. The Morgan fingerprint density at radius 2 is 1.30 bits per heavy atom. The van der Waals surface area contributed by atoms with Gasteiger partial charge in [0, 0.05) is 14.4 Å². The van der Waals surface area contributed by atoms with Gasteiger partial charge in [-0.15, -0.1) is 0 Å². The molecular weight excluding hydrogens is 419 g/mol. The molecule has 1 aliphatic heterocycles. The number of aryl methyl sites for hydroxylation is 3. The molecule has 33 heavy (non-hydrogen) atoms. The van der Waals surface area contributed by atoms with Crippen molar-refractivity contribution < 1.29 is 4.39 Å². The molecule has 0 amide bonds. The molecule has 0 spiro atoms. The average Bonchev–Trinajstić information content (AvgIpc) is 2.85. The summed E-state index contributed by atoms with van der Waals surface area (Å²) in [5, 5.41) is 0. The minimum absolute atomic E-state index is 0.0691. The first kappa shape index (κ1) is 23.9. The molecule has 0 N–H and O–H groups in total. The molecule has 0 nitrogen and oxygen atoms in total. The summed E-state index contributed by atoms with van der Waals surface area (Å²) in [5.41, 5.74) is 7.02. The van der Waals surface area contributed by atoms with E-state index in [1.807, 2.05) is 12.1 Å². The number of halogens is 1. The molecule has 3 aromatic rings. The monoisotopic (exact) mass is 458 g/mol.